The van der Waals surface area contributed by atoms with Crippen LogP contribution in [0.4, 0.5) is 11.4 Å². The topological polar surface area (TPSA) is 71.5 Å². The third-order valence-corrected chi connectivity index (χ3v) is 6.93. The molecule has 0 fully saturated rings. The summed E-state index contributed by atoms with van der Waals surface area (Å²) in [6.07, 6.45) is -0.676. The quantitative estimate of drug-likeness (QED) is 0.387. The Balaban J connectivity index is 1.44. The molecule has 4 aromatic rings. The number of amides is 2. The molecular formula is C28H25N3O3S. The maximum atomic E-state index is 13.1. The summed E-state index contributed by atoms with van der Waals surface area (Å²) in [7, 11) is 0. The summed E-state index contributed by atoms with van der Waals surface area (Å²) in [5.74, 6) is 0.0509. The van der Waals surface area contributed by atoms with Gasteiger partial charge in [0.05, 0.1) is 11.4 Å². The summed E-state index contributed by atoms with van der Waals surface area (Å²) in [6, 6.07) is 21.5. The molecule has 1 N–H and O–H groups in total. The molecule has 5 rings (SSSR count). The lowest BCUT2D eigenvalue weighted by Gasteiger charge is -2.33. The Bertz CT molecular complexity index is 1390. The van der Waals surface area contributed by atoms with Crippen molar-refractivity contribution in [2.24, 2.45) is 0 Å². The van der Waals surface area contributed by atoms with E-state index in [1.165, 1.54) is 4.90 Å². The van der Waals surface area contributed by atoms with E-state index in [9.17, 15) is 9.59 Å². The largest absolute Gasteiger partial charge is 0.479 e. The van der Waals surface area contributed by atoms with Crippen LogP contribution in [0.1, 0.15) is 18.1 Å². The Hall–Kier alpha value is -3.97. The van der Waals surface area contributed by atoms with Gasteiger partial charge < -0.3 is 10.1 Å². The van der Waals surface area contributed by atoms with E-state index in [2.05, 4.69) is 5.32 Å². The monoisotopic (exact) mass is 483 g/mol. The van der Waals surface area contributed by atoms with Crippen molar-refractivity contribution in [3.8, 4) is 27.6 Å². The van der Waals surface area contributed by atoms with Crippen molar-refractivity contribution >= 4 is 34.5 Å². The second-order valence-corrected chi connectivity index (χ2v) is 9.44. The van der Waals surface area contributed by atoms with E-state index in [0.717, 1.165) is 38.6 Å². The van der Waals surface area contributed by atoms with Crippen molar-refractivity contribution in [1.29, 1.82) is 0 Å². The van der Waals surface area contributed by atoms with Crippen LogP contribution in [0.5, 0.6) is 5.75 Å². The number of fused-ring (bicyclic) bond motifs is 1. The summed E-state index contributed by atoms with van der Waals surface area (Å²) in [4.78, 5) is 32.4. The van der Waals surface area contributed by atoms with Gasteiger partial charge in [-0.2, -0.15) is 0 Å². The minimum atomic E-state index is -0.676. The van der Waals surface area contributed by atoms with Crippen LogP contribution in [0.15, 0.2) is 72.1 Å². The molecule has 0 saturated carbocycles. The number of aryl methyl sites for hydroxylation is 2. The number of benzene rings is 3. The van der Waals surface area contributed by atoms with Gasteiger partial charge in [0.2, 0.25) is 5.91 Å². The van der Waals surface area contributed by atoms with Crippen molar-refractivity contribution in [1.82, 2.24) is 4.98 Å². The predicted molar refractivity (Wildman–Crippen MR) is 140 cm³/mol. The number of ether oxygens (including phenoxy) is 1. The van der Waals surface area contributed by atoms with Gasteiger partial charge in [-0.3, -0.25) is 14.5 Å². The summed E-state index contributed by atoms with van der Waals surface area (Å²) in [6.45, 7) is 5.48. The van der Waals surface area contributed by atoms with Crippen LogP contribution in [0, 0.1) is 13.8 Å². The van der Waals surface area contributed by atoms with Gasteiger partial charge >= 0.3 is 0 Å². The molecule has 176 valence electrons. The van der Waals surface area contributed by atoms with Crippen LogP contribution in [-0.4, -0.2) is 29.4 Å². The van der Waals surface area contributed by atoms with Gasteiger partial charge in [-0.25, -0.2) is 4.98 Å². The van der Waals surface area contributed by atoms with E-state index in [-0.39, 0.29) is 18.4 Å². The van der Waals surface area contributed by atoms with Crippen molar-refractivity contribution in [3.05, 3.63) is 83.2 Å². The van der Waals surface area contributed by atoms with Crippen molar-refractivity contribution in [3.63, 3.8) is 0 Å². The van der Waals surface area contributed by atoms with Gasteiger partial charge in [0.15, 0.2) is 6.10 Å². The molecule has 1 aliphatic heterocycles. The number of nitrogens with one attached hydrogen (secondary N) is 1. The zero-order valence-corrected chi connectivity index (χ0v) is 20.6. The van der Waals surface area contributed by atoms with E-state index < -0.39 is 6.10 Å². The van der Waals surface area contributed by atoms with Crippen molar-refractivity contribution < 1.29 is 14.3 Å². The normalized spacial score (nSPS) is 14.9. The first-order chi connectivity index (χ1) is 16.9. The second-order valence-electron chi connectivity index (χ2n) is 8.59. The van der Waals surface area contributed by atoms with E-state index >= 15 is 0 Å². The number of nitrogens with zero attached hydrogens (tertiary/aromatic N) is 2. The molecule has 7 heteroatoms. The minimum absolute atomic E-state index is 0.108. The Morgan fingerprint density at radius 3 is 2.51 bits per heavy atom. The molecule has 1 aliphatic rings. The number of hydrogen-bond acceptors (Lipinski definition) is 5. The third-order valence-electron chi connectivity index (χ3n) is 6.04. The predicted octanol–water partition coefficient (Wildman–Crippen LogP) is 5.85. The van der Waals surface area contributed by atoms with Crippen molar-refractivity contribution in [2.75, 3.05) is 16.8 Å². The number of anilines is 2. The van der Waals surface area contributed by atoms with Crippen LogP contribution in [0.3, 0.4) is 0 Å². The summed E-state index contributed by atoms with van der Waals surface area (Å²) in [5, 5.41) is 5.89. The van der Waals surface area contributed by atoms with Gasteiger partial charge in [-0.15, -0.1) is 11.3 Å². The minimum Gasteiger partial charge on any atom is -0.479 e. The van der Waals surface area contributed by atoms with Crippen molar-refractivity contribution in [2.45, 2.75) is 26.9 Å². The van der Waals surface area contributed by atoms with Crippen LogP contribution in [0.2, 0.25) is 0 Å². The Kier molecular flexibility index (Phi) is 6.09. The average molecular weight is 484 g/mol. The lowest BCUT2D eigenvalue weighted by atomic mass is 10.1. The number of aromatic nitrogens is 1. The highest BCUT2D eigenvalue weighted by molar-refractivity contribution is 7.13. The zero-order chi connectivity index (χ0) is 24.5. The zero-order valence-electron chi connectivity index (χ0n) is 19.7. The van der Waals surface area contributed by atoms with E-state index in [4.69, 9.17) is 9.72 Å². The molecule has 2 heterocycles. The fraction of sp³-hybridized carbons (Fsp3) is 0.179. The van der Waals surface area contributed by atoms with Gasteiger partial charge in [0.25, 0.3) is 5.91 Å². The van der Waals surface area contributed by atoms with E-state index in [1.54, 1.807) is 18.3 Å². The number of thiazole rings is 1. The van der Waals surface area contributed by atoms with Crippen LogP contribution < -0.4 is 15.0 Å². The molecule has 0 spiro atoms. The smallest absolute Gasteiger partial charge is 0.268 e. The van der Waals surface area contributed by atoms with Gasteiger partial charge in [-0.05, 0) is 50.1 Å². The number of hydrogen-bond donors (Lipinski definition) is 1. The maximum absolute atomic E-state index is 13.1. The molecule has 1 unspecified atom stereocenters. The average Bonchev–Trinajstić information content (AvgIpc) is 3.35. The van der Waals surface area contributed by atoms with Gasteiger partial charge in [0, 0.05) is 22.2 Å². The fourth-order valence-electron chi connectivity index (χ4n) is 4.18. The van der Waals surface area contributed by atoms with Crippen LogP contribution >= 0.6 is 11.3 Å². The SMILES string of the molecule is Cc1cccc(C)c1NC(=O)CN1C(=O)C(C)Oc2ccc(-c3csc(-c4ccccc4)n3)cc21. The van der Waals surface area contributed by atoms with E-state index in [0.29, 0.717) is 11.4 Å². The van der Waals surface area contributed by atoms with E-state index in [1.807, 2.05) is 86.0 Å². The number of rotatable bonds is 5. The van der Waals surface area contributed by atoms with Crippen LogP contribution in [0.25, 0.3) is 21.8 Å². The molecule has 3 aromatic carbocycles. The number of carbonyl (C=O) groups is 2. The van der Waals surface area contributed by atoms with Crippen LogP contribution in [-0.2, 0) is 9.59 Å². The first-order valence-electron chi connectivity index (χ1n) is 11.4. The lowest BCUT2D eigenvalue weighted by molar-refractivity contribution is -0.127. The summed E-state index contributed by atoms with van der Waals surface area (Å²) in [5.41, 5.74) is 6.00. The highest BCUT2D eigenvalue weighted by Crippen LogP contribution is 2.38. The maximum Gasteiger partial charge on any atom is 0.268 e. The highest BCUT2D eigenvalue weighted by atomic mass is 32.1. The first kappa shape index (κ1) is 22.8. The first-order valence-corrected chi connectivity index (χ1v) is 12.3. The summed E-state index contributed by atoms with van der Waals surface area (Å²) >= 11 is 1.56. The molecule has 1 atom stereocenters. The molecular weight excluding hydrogens is 458 g/mol. The number of carbonyl (C=O) groups excluding carboxylic acids is 2. The highest BCUT2D eigenvalue weighted by Gasteiger charge is 2.33. The lowest BCUT2D eigenvalue weighted by Crippen LogP contribution is -2.47. The second kappa shape index (κ2) is 9.35. The molecule has 0 bridgehead atoms. The molecule has 0 saturated heterocycles. The Morgan fingerprint density at radius 1 is 1.03 bits per heavy atom. The number of para-hydroxylation sites is 1. The Morgan fingerprint density at radius 2 is 1.77 bits per heavy atom. The standard InChI is InChI=1S/C28H25N3O3S/c1-17-8-7-9-18(2)26(17)30-25(32)15-31-23-14-21(12-13-24(23)34-19(3)28(31)33)22-16-35-27(29-22)20-10-5-4-6-11-20/h4-14,16,19H,15H2,1-3H3,(H,30,32). The molecule has 1 aromatic heterocycles. The molecule has 0 aliphatic carbocycles. The molecule has 2 amide bonds. The summed E-state index contributed by atoms with van der Waals surface area (Å²) < 4.78 is 5.84. The molecule has 35 heavy (non-hydrogen) atoms. The molecule has 6 nitrogen and oxygen atoms in total. The van der Waals surface area contributed by atoms with Gasteiger partial charge in [0.1, 0.15) is 17.3 Å². The third kappa shape index (κ3) is 4.55. The fourth-order valence-corrected chi connectivity index (χ4v) is 5.02. The molecule has 0 radical (unpaired) electrons. The van der Waals surface area contributed by atoms with Gasteiger partial charge in [-0.1, -0.05) is 48.5 Å². The Labute approximate surface area is 208 Å².